The summed E-state index contributed by atoms with van der Waals surface area (Å²) in [5, 5.41) is -0.122. The maximum Gasteiger partial charge on any atom is 0.0835 e. The zero-order valence-corrected chi connectivity index (χ0v) is 13.0. The summed E-state index contributed by atoms with van der Waals surface area (Å²) < 4.78 is 6.54. The normalized spacial score (nSPS) is 15.3. The van der Waals surface area contributed by atoms with Crippen LogP contribution >= 0.6 is 27.5 Å². The number of fused-ring (bicyclic) bond motifs is 1. The minimum absolute atomic E-state index is 0.122. The number of hydrogen-bond donors (Lipinski definition) is 0. The summed E-state index contributed by atoms with van der Waals surface area (Å²) in [4.78, 5) is 0. The maximum absolute atomic E-state index is 6.60. The summed E-state index contributed by atoms with van der Waals surface area (Å²) in [6, 6.07) is 12.6. The van der Waals surface area contributed by atoms with Crippen LogP contribution in [0.1, 0.15) is 33.2 Å². The van der Waals surface area contributed by atoms with Gasteiger partial charge in [-0.1, -0.05) is 46.3 Å². The lowest BCUT2D eigenvalue weighted by Gasteiger charge is -2.13. The van der Waals surface area contributed by atoms with Crippen molar-refractivity contribution in [1.82, 2.24) is 0 Å². The minimum atomic E-state index is -0.122. The molecule has 2 aromatic carbocycles. The van der Waals surface area contributed by atoms with Crippen LogP contribution in [0.3, 0.4) is 0 Å². The van der Waals surface area contributed by atoms with Crippen LogP contribution in [0.2, 0.25) is 0 Å². The summed E-state index contributed by atoms with van der Waals surface area (Å²) >= 11 is 10.2. The van der Waals surface area contributed by atoms with Crippen molar-refractivity contribution >= 4 is 27.5 Å². The number of ether oxygens (including phenoxy) is 1. The van der Waals surface area contributed by atoms with Crippen molar-refractivity contribution in [3.63, 3.8) is 0 Å². The Kier molecular flexibility index (Phi) is 3.66. The molecule has 1 nitrogen and oxygen atoms in total. The quantitative estimate of drug-likeness (QED) is 0.691. The Bertz CT molecular complexity index is 624. The molecule has 0 fully saturated rings. The first kappa shape index (κ1) is 13.2. The van der Waals surface area contributed by atoms with Crippen LogP contribution in [-0.2, 0) is 18.0 Å². The Morgan fingerprint density at radius 3 is 2.53 bits per heavy atom. The molecule has 19 heavy (non-hydrogen) atoms. The average Bonchev–Trinajstić information content (AvgIpc) is 2.88. The van der Waals surface area contributed by atoms with Crippen molar-refractivity contribution in [2.75, 3.05) is 0 Å². The van der Waals surface area contributed by atoms with Gasteiger partial charge >= 0.3 is 0 Å². The number of rotatable bonds is 2. The van der Waals surface area contributed by atoms with Crippen LogP contribution in [0.25, 0.3) is 0 Å². The van der Waals surface area contributed by atoms with E-state index in [4.69, 9.17) is 16.3 Å². The van der Waals surface area contributed by atoms with E-state index in [0.29, 0.717) is 6.61 Å². The van der Waals surface area contributed by atoms with Gasteiger partial charge in [0.25, 0.3) is 0 Å². The van der Waals surface area contributed by atoms with Crippen molar-refractivity contribution in [1.29, 1.82) is 0 Å². The van der Waals surface area contributed by atoms with Gasteiger partial charge in [-0.3, -0.25) is 0 Å². The van der Waals surface area contributed by atoms with Crippen molar-refractivity contribution in [2.45, 2.75) is 25.5 Å². The molecule has 0 amide bonds. The molecule has 1 aliphatic heterocycles. The summed E-state index contributed by atoms with van der Waals surface area (Å²) in [7, 11) is 0. The van der Waals surface area contributed by atoms with E-state index in [1.807, 2.05) is 0 Å². The minimum Gasteiger partial charge on any atom is -0.372 e. The van der Waals surface area contributed by atoms with Gasteiger partial charge < -0.3 is 4.74 Å². The van der Waals surface area contributed by atoms with Crippen LogP contribution in [0.15, 0.2) is 40.9 Å². The second kappa shape index (κ2) is 5.28. The Balaban J connectivity index is 1.94. The number of aryl methyl sites for hydroxylation is 1. The van der Waals surface area contributed by atoms with Crippen molar-refractivity contribution in [2.24, 2.45) is 0 Å². The number of alkyl halides is 1. The van der Waals surface area contributed by atoms with E-state index in [-0.39, 0.29) is 5.38 Å². The van der Waals surface area contributed by atoms with Crippen LogP contribution in [-0.4, -0.2) is 0 Å². The third-order valence-corrected chi connectivity index (χ3v) is 4.88. The summed E-state index contributed by atoms with van der Waals surface area (Å²) in [6.07, 6.45) is 0. The summed E-state index contributed by atoms with van der Waals surface area (Å²) in [5.41, 5.74) is 5.99. The molecule has 0 radical (unpaired) electrons. The molecule has 0 saturated heterocycles. The lowest BCUT2D eigenvalue weighted by Crippen LogP contribution is -1.96. The van der Waals surface area contributed by atoms with Gasteiger partial charge in [-0.25, -0.2) is 0 Å². The van der Waals surface area contributed by atoms with Crippen LogP contribution in [0, 0.1) is 6.92 Å². The first-order chi connectivity index (χ1) is 9.15. The van der Waals surface area contributed by atoms with E-state index < -0.39 is 0 Å². The molecule has 0 saturated carbocycles. The first-order valence-electron chi connectivity index (χ1n) is 6.25. The molecular formula is C16H14BrClO. The molecule has 0 bridgehead atoms. The summed E-state index contributed by atoms with van der Waals surface area (Å²) in [6.45, 7) is 3.49. The smallest absolute Gasteiger partial charge is 0.0835 e. The lowest BCUT2D eigenvalue weighted by atomic mass is 9.99. The molecule has 3 heteroatoms. The molecule has 1 unspecified atom stereocenters. The van der Waals surface area contributed by atoms with Gasteiger partial charge in [0, 0.05) is 4.47 Å². The number of hydrogen-bond acceptors (Lipinski definition) is 1. The Hall–Kier alpha value is -0.830. The van der Waals surface area contributed by atoms with E-state index in [1.54, 1.807) is 0 Å². The zero-order valence-electron chi connectivity index (χ0n) is 10.6. The van der Waals surface area contributed by atoms with E-state index in [2.05, 4.69) is 59.3 Å². The predicted octanol–water partition coefficient (Wildman–Crippen LogP) is 5.12. The highest BCUT2D eigenvalue weighted by atomic mass is 79.9. The fraction of sp³-hybridized carbons (Fsp3) is 0.250. The van der Waals surface area contributed by atoms with E-state index in [1.165, 1.54) is 16.7 Å². The molecular weight excluding hydrogens is 324 g/mol. The molecule has 0 N–H and O–H groups in total. The van der Waals surface area contributed by atoms with E-state index >= 15 is 0 Å². The maximum atomic E-state index is 6.60. The van der Waals surface area contributed by atoms with Gasteiger partial charge in [0.15, 0.2) is 0 Å². The lowest BCUT2D eigenvalue weighted by molar-refractivity contribution is 0.134. The number of halogens is 2. The van der Waals surface area contributed by atoms with Gasteiger partial charge in [-0.05, 0) is 40.8 Å². The Labute approximate surface area is 126 Å². The van der Waals surface area contributed by atoms with E-state index in [9.17, 15) is 0 Å². The molecule has 1 heterocycles. The van der Waals surface area contributed by atoms with Crippen LogP contribution in [0.5, 0.6) is 0 Å². The predicted molar refractivity (Wildman–Crippen MR) is 81.5 cm³/mol. The van der Waals surface area contributed by atoms with Gasteiger partial charge in [-0.15, -0.1) is 11.6 Å². The second-order valence-corrected chi connectivity index (χ2v) is 6.18. The fourth-order valence-electron chi connectivity index (χ4n) is 2.31. The highest BCUT2D eigenvalue weighted by molar-refractivity contribution is 9.10. The molecule has 2 aromatic rings. The van der Waals surface area contributed by atoms with Gasteiger partial charge in [-0.2, -0.15) is 0 Å². The van der Waals surface area contributed by atoms with Crippen LogP contribution in [0.4, 0.5) is 0 Å². The highest BCUT2D eigenvalue weighted by Gasteiger charge is 2.16. The highest BCUT2D eigenvalue weighted by Crippen LogP contribution is 2.33. The third kappa shape index (κ3) is 2.58. The SMILES string of the molecule is Cc1ccc(C(Cl)c2ccc3c(c2)COC3)cc1Br. The van der Waals surface area contributed by atoms with Crippen molar-refractivity contribution in [3.8, 4) is 0 Å². The molecule has 0 spiro atoms. The largest absolute Gasteiger partial charge is 0.372 e. The molecule has 0 aliphatic carbocycles. The average molecular weight is 338 g/mol. The fourth-order valence-corrected chi connectivity index (χ4v) is 2.98. The summed E-state index contributed by atoms with van der Waals surface area (Å²) in [5.74, 6) is 0. The standard InChI is InChI=1S/C16H14BrClO/c1-10-2-3-12(7-15(10)17)16(18)11-4-5-13-8-19-9-14(13)6-11/h2-7,16H,8-9H2,1H3. The topological polar surface area (TPSA) is 9.23 Å². The third-order valence-electron chi connectivity index (χ3n) is 3.53. The van der Waals surface area contributed by atoms with Gasteiger partial charge in [0.2, 0.25) is 0 Å². The van der Waals surface area contributed by atoms with E-state index in [0.717, 1.165) is 22.2 Å². The van der Waals surface area contributed by atoms with Crippen LogP contribution < -0.4 is 0 Å². The zero-order chi connectivity index (χ0) is 13.4. The van der Waals surface area contributed by atoms with Gasteiger partial charge in [0.1, 0.15) is 0 Å². The van der Waals surface area contributed by atoms with Crippen molar-refractivity contribution in [3.05, 3.63) is 68.7 Å². The first-order valence-corrected chi connectivity index (χ1v) is 7.47. The monoisotopic (exact) mass is 336 g/mol. The second-order valence-electron chi connectivity index (χ2n) is 4.89. The molecule has 1 atom stereocenters. The van der Waals surface area contributed by atoms with Gasteiger partial charge in [0.05, 0.1) is 18.6 Å². The van der Waals surface area contributed by atoms with Crippen molar-refractivity contribution < 1.29 is 4.74 Å². The Morgan fingerprint density at radius 2 is 1.74 bits per heavy atom. The molecule has 1 aliphatic rings. The molecule has 0 aromatic heterocycles. The molecule has 98 valence electrons. The molecule has 3 rings (SSSR count). The number of benzene rings is 2. The Morgan fingerprint density at radius 1 is 1.05 bits per heavy atom.